The summed E-state index contributed by atoms with van der Waals surface area (Å²) in [5.41, 5.74) is 1.52. The first-order chi connectivity index (χ1) is 11.5. The van der Waals surface area contributed by atoms with Gasteiger partial charge in [0, 0.05) is 42.6 Å². The van der Waals surface area contributed by atoms with Crippen molar-refractivity contribution in [1.29, 1.82) is 0 Å². The fraction of sp³-hybridized carbons (Fsp3) is 0.235. The molecule has 0 saturated carbocycles. The van der Waals surface area contributed by atoms with Crippen molar-refractivity contribution >= 4 is 40.6 Å². The maximum atomic E-state index is 13.2. The summed E-state index contributed by atoms with van der Waals surface area (Å²) < 4.78 is 13.2. The van der Waals surface area contributed by atoms with E-state index in [9.17, 15) is 9.18 Å². The molecule has 0 aromatic heterocycles. The van der Waals surface area contributed by atoms with Gasteiger partial charge in [-0.3, -0.25) is 0 Å². The second-order valence-corrected chi connectivity index (χ2v) is 6.36. The fourth-order valence-electron chi connectivity index (χ4n) is 2.62. The van der Waals surface area contributed by atoms with Crippen molar-refractivity contribution in [2.75, 3.05) is 36.4 Å². The molecule has 0 unspecified atom stereocenters. The number of nitrogens with zero attached hydrogens (tertiary/aromatic N) is 2. The van der Waals surface area contributed by atoms with Crippen molar-refractivity contribution in [2.24, 2.45) is 0 Å². The summed E-state index contributed by atoms with van der Waals surface area (Å²) in [4.78, 5) is 16.1. The molecule has 2 aromatic carbocycles. The van der Waals surface area contributed by atoms with E-state index < -0.39 is 5.82 Å². The lowest BCUT2D eigenvalue weighted by Gasteiger charge is -2.36. The van der Waals surface area contributed by atoms with Gasteiger partial charge in [-0.2, -0.15) is 0 Å². The molecule has 2 aromatic rings. The number of urea groups is 1. The van der Waals surface area contributed by atoms with Crippen LogP contribution in [0.5, 0.6) is 0 Å². The summed E-state index contributed by atoms with van der Waals surface area (Å²) in [5, 5.41) is 3.52. The number of benzene rings is 2. The average Bonchev–Trinajstić information content (AvgIpc) is 2.57. The Bertz CT molecular complexity index is 748. The lowest BCUT2D eigenvalue weighted by Crippen LogP contribution is -2.50. The minimum absolute atomic E-state index is 0.105. The van der Waals surface area contributed by atoms with E-state index in [2.05, 4.69) is 10.2 Å². The number of hydrogen-bond acceptors (Lipinski definition) is 2. The lowest BCUT2D eigenvalue weighted by atomic mass is 10.2. The molecule has 0 atom stereocenters. The van der Waals surface area contributed by atoms with Gasteiger partial charge in [-0.25, -0.2) is 9.18 Å². The maximum absolute atomic E-state index is 13.2. The average molecular weight is 368 g/mol. The molecule has 0 radical (unpaired) electrons. The van der Waals surface area contributed by atoms with Crippen molar-refractivity contribution < 1.29 is 9.18 Å². The van der Waals surface area contributed by atoms with Crippen molar-refractivity contribution in [2.45, 2.75) is 0 Å². The molecule has 3 rings (SSSR count). The van der Waals surface area contributed by atoms with Gasteiger partial charge in [-0.1, -0.05) is 29.3 Å². The SMILES string of the molecule is O=C(Nc1cccc(Cl)c1)N1CCN(c2ccc(F)c(Cl)c2)CC1. The first kappa shape index (κ1) is 16.9. The zero-order chi connectivity index (χ0) is 17.1. The molecule has 1 heterocycles. The van der Waals surface area contributed by atoms with Crippen LogP contribution in [0.4, 0.5) is 20.6 Å². The van der Waals surface area contributed by atoms with Crippen LogP contribution in [0.25, 0.3) is 0 Å². The van der Waals surface area contributed by atoms with E-state index in [-0.39, 0.29) is 11.1 Å². The van der Waals surface area contributed by atoms with Crippen LogP contribution in [0.2, 0.25) is 10.0 Å². The zero-order valence-electron chi connectivity index (χ0n) is 12.8. The highest BCUT2D eigenvalue weighted by Gasteiger charge is 2.21. The highest BCUT2D eigenvalue weighted by molar-refractivity contribution is 6.31. The Labute approximate surface area is 149 Å². The van der Waals surface area contributed by atoms with E-state index >= 15 is 0 Å². The highest BCUT2D eigenvalue weighted by atomic mass is 35.5. The molecule has 1 fully saturated rings. The predicted molar refractivity (Wildman–Crippen MR) is 95.7 cm³/mol. The second kappa shape index (κ2) is 7.28. The van der Waals surface area contributed by atoms with E-state index in [1.54, 1.807) is 41.3 Å². The Balaban J connectivity index is 1.58. The van der Waals surface area contributed by atoms with Crippen LogP contribution in [0, 0.1) is 5.82 Å². The highest BCUT2D eigenvalue weighted by Crippen LogP contribution is 2.24. The molecular formula is C17H16Cl2FN3O. The third kappa shape index (κ3) is 3.91. The Morgan fingerprint density at radius 1 is 1.04 bits per heavy atom. The molecule has 2 amide bonds. The topological polar surface area (TPSA) is 35.6 Å². The third-order valence-electron chi connectivity index (χ3n) is 3.91. The number of carbonyl (C=O) groups is 1. The summed E-state index contributed by atoms with van der Waals surface area (Å²) in [5.74, 6) is -0.431. The number of amides is 2. The minimum atomic E-state index is -0.431. The molecule has 1 aliphatic heterocycles. The molecule has 24 heavy (non-hydrogen) atoms. The van der Waals surface area contributed by atoms with E-state index in [0.717, 1.165) is 5.69 Å². The van der Waals surface area contributed by atoms with Crippen LogP contribution in [-0.4, -0.2) is 37.1 Å². The van der Waals surface area contributed by atoms with Gasteiger partial charge in [-0.05, 0) is 36.4 Å². The Hall–Kier alpha value is -1.98. The number of carbonyl (C=O) groups excluding carboxylic acids is 1. The van der Waals surface area contributed by atoms with Gasteiger partial charge in [0.2, 0.25) is 0 Å². The molecule has 1 aliphatic rings. The summed E-state index contributed by atoms with van der Waals surface area (Å²) in [6.07, 6.45) is 0. The van der Waals surface area contributed by atoms with Crippen molar-refractivity contribution in [3.63, 3.8) is 0 Å². The lowest BCUT2D eigenvalue weighted by molar-refractivity contribution is 0.208. The van der Waals surface area contributed by atoms with Crippen molar-refractivity contribution in [3.05, 3.63) is 58.3 Å². The molecule has 1 saturated heterocycles. The first-order valence-corrected chi connectivity index (χ1v) is 8.30. The van der Waals surface area contributed by atoms with E-state index in [0.29, 0.717) is 36.9 Å². The van der Waals surface area contributed by atoms with Crippen LogP contribution in [-0.2, 0) is 0 Å². The fourth-order valence-corrected chi connectivity index (χ4v) is 2.98. The van der Waals surface area contributed by atoms with Crippen LogP contribution in [0.1, 0.15) is 0 Å². The Kier molecular flexibility index (Phi) is 5.11. The molecule has 126 valence electrons. The van der Waals surface area contributed by atoms with Crippen LogP contribution in [0.3, 0.4) is 0 Å². The first-order valence-electron chi connectivity index (χ1n) is 7.54. The van der Waals surface area contributed by atoms with E-state index in [1.807, 2.05) is 0 Å². The second-order valence-electron chi connectivity index (χ2n) is 5.51. The van der Waals surface area contributed by atoms with Crippen LogP contribution in [0.15, 0.2) is 42.5 Å². The quantitative estimate of drug-likeness (QED) is 0.848. The molecule has 0 spiro atoms. The van der Waals surface area contributed by atoms with Gasteiger partial charge in [-0.15, -0.1) is 0 Å². The normalized spacial score (nSPS) is 14.6. The number of nitrogens with one attached hydrogen (secondary N) is 1. The summed E-state index contributed by atoms with van der Waals surface area (Å²) in [7, 11) is 0. The number of hydrogen-bond donors (Lipinski definition) is 1. The van der Waals surface area contributed by atoms with Crippen molar-refractivity contribution in [3.8, 4) is 0 Å². The monoisotopic (exact) mass is 367 g/mol. The van der Waals surface area contributed by atoms with Gasteiger partial charge >= 0.3 is 6.03 Å². The summed E-state index contributed by atoms with van der Waals surface area (Å²) in [6, 6.07) is 11.5. The molecule has 0 aliphatic carbocycles. The number of piperazine rings is 1. The summed E-state index contributed by atoms with van der Waals surface area (Å²) >= 11 is 11.7. The zero-order valence-corrected chi connectivity index (χ0v) is 14.3. The van der Waals surface area contributed by atoms with Gasteiger partial charge in [0.25, 0.3) is 0 Å². The summed E-state index contributed by atoms with van der Waals surface area (Å²) in [6.45, 7) is 2.46. The van der Waals surface area contributed by atoms with E-state index in [4.69, 9.17) is 23.2 Å². The molecular weight excluding hydrogens is 352 g/mol. The maximum Gasteiger partial charge on any atom is 0.321 e. The van der Waals surface area contributed by atoms with E-state index in [1.165, 1.54) is 6.07 Å². The Morgan fingerprint density at radius 2 is 1.79 bits per heavy atom. The van der Waals surface area contributed by atoms with Crippen LogP contribution >= 0.6 is 23.2 Å². The molecule has 0 bridgehead atoms. The molecule has 4 nitrogen and oxygen atoms in total. The van der Waals surface area contributed by atoms with Crippen LogP contribution < -0.4 is 10.2 Å². The number of halogens is 3. The standard InChI is InChI=1S/C17H16Cl2FN3O/c18-12-2-1-3-13(10-12)21-17(24)23-8-6-22(7-9-23)14-4-5-16(20)15(19)11-14/h1-5,10-11H,6-9H2,(H,21,24). The number of anilines is 2. The van der Waals surface area contributed by atoms with Gasteiger partial charge < -0.3 is 15.1 Å². The Morgan fingerprint density at radius 3 is 2.46 bits per heavy atom. The van der Waals surface area contributed by atoms with Gasteiger partial charge in [0.1, 0.15) is 5.82 Å². The number of rotatable bonds is 2. The predicted octanol–water partition coefficient (Wildman–Crippen LogP) is 4.49. The van der Waals surface area contributed by atoms with Gasteiger partial charge in [0.15, 0.2) is 0 Å². The minimum Gasteiger partial charge on any atom is -0.368 e. The molecule has 7 heteroatoms. The largest absolute Gasteiger partial charge is 0.368 e. The van der Waals surface area contributed by atoms with Gasteiger partial charge in [0.05, 0.1) is 5.02 Å². The third-order valence-corrected chi connectivity index (χ3v) is 4.44. The molecule has 1 N–H and O–H groups in total. The smallest absolute Gasteiger partial charge is 0.321 e. The van der Waals surface area contributed by atoms with Crippen molar-refractivity contribution in [1.82, 2.24) is 4.90 Å².